The highest BCUT2D eigenvalue weighted by Gasteiger charge is 2.40. The van der Waals surface area contributed by atoms with Gasteiger partial charge in [0, 0.05) is 6.54 Å². The Morgan fingerprint density at radius 1 is 1.46 bits per heavy atom. The van der Waals surface area contributed by atoms with E-state index in [4.69, 9.17) is 0 Å². The molecular weight excluding hydrogens is 178 g/mol. The van der Waals surface area contributed by atoms with Crippen molar-refractivity contribution in [2.75, 3.05) is 25.1 Å². The number of hydrogen-bond acceptors (Lipinski definition) is 2. The summed E-state index contributed by atoms with van der Waals surface area (Å²) in [7, 11) is 0. The predicted octanol–water partition coefficient (Wildman–Crippen LogP) is 2.77. The molecule has 0 radical (unpaired) electrons. The molecule has 1 nitrogen and oxygen atoms in total. The Kier molecular flexibility index (Phi) is 4.60. The van der Waals surface area contributed by atoms with E-state index in [0.717, 1.165) is 12.5 Å². The van der Waals surface area contributed by atoms with Crippen LogP contribution in [-0.4, -0.2) is 25.1 Å². The van der Waals surface area contributed by atoms with E-state index >= 15 is 0 Å². The van der Waals surface area contributed by atoms with E-state index in [-0.39, 0.29) is 0 Å². The minimum absolute atomic E-state index is 0.582. The molecular formula is C11H23NS. The van der Waals surface area contributed by atoms with Crippen LogP contribution >= 0.6 is 11.8 Å². The third kappa shape index (κ3) is 3.51. The van der Waals surface area contributed by atoms with Crippen molar-refractivity contribution in [1.82, 2.24) is 5.32 Å². The fraction of sp³-hybridized carbons (Fsp3) is 1.00. The summed E-state index contributed by atoms with van der Waals surface area (Å²) in [6.07, 6.45) is 6.53. The van der Waals surface area contributed by atoms with Gasteiger partial charge in [-0.15, -0.1) is 0 Å². The van der Waals surface area contributed by atoms with Gasteiger partial charge in [0.1, 0.15) is 0 Å². The number of nitrogens with one attached hydrogen (secondary N) is 1. The zero-order valence-corrected chi connectivity index (χ0v) is 10.0. The first-order valence-corrected chi connectivity index (χ1v) is 6.82. The van der Waals surface area contributed by atoms with Crippen molar-refractivity contribution in [2.24, 2.45) is 11.3 Å². The van der Waals surface area contributed by atoms with Crippen LogP contribution in [0.4, 0.5) is 0 Å². The molecule has 1 rings (SSSR count). The Morgan fingerprint density at radius 2 is 2.15 bits per heavy atom. The molecule has 0 aromatic carbocycles. The second-order valence-corrected chi connectivity index (χ2v) is 5.44. The van der Waals surface area contributed by atoms with Crippen LogP contribution in [0, 0.1) is 11.3 Å². The van der Waals surface area contributed by atoms with Crippen molar-refractivity contribution in [3.63, 3.8) is 0 Å². The average Bonchev–Trinajstić information content (AvgIpc) is 2.94. The molecule has 0 saturated heterocycles. The van der Waals surface area contributed by atoms with E-state index < -0.39 is 0 Å². The number of thioether (sulfide) groups is 1. The average molecular weight is 201 g/mol. The third-order valence-corrected chi connectivity index (χ3v) is 3.83. The first kappa shape index (κ1) is 11.4. The van der Waals surface area contributed by atoms with Gasteiger partial charge in [0.25, 0.3) is 0 Å². The molecule has 0 bridgehead atoms. The van der Waals surface area contributed by atoms with Gasteiger partial charge in [0.05, 0.1) is 0 Å². The molecule has 1 aliphatic rings. The fourth-order valence-electron chi connectivity index (χ4n) is 1.96. The third-order valence-electron chi connectivity index (χ3n) is 3.22. The zero-order valence-electron chi connectivity index (χ0n) is 9.23. The van der Waals surface area contributed by atoms with E-state index in [1.807, 2.05) is 11.8 Å². The Bertz CT molecular complexity index is 135. The van der Waals surface area contributed by atoms with Crippen LogP contribution < -0.4 is 5.32 Å². The molecule has 1 atom stereocenters. The maximum absolute atomic E-state index is 3.51. The molecule has 78 valence electrons. The van der Waals surface area contributed by atoms with E-state index in [0.29, 0.717) is 5.41 Å². The zero-order chi connectivity index (χ0) is 9.73. The summed E-state index contributed by atoms with van der Waals surface area (Å²) in [5.41, 5.74) is 0.582. The van der Waals surface area contributed by atoms with E-state index in [9.17, 15) is 0 Å². The molecule has 0 aromatic heterocycles. The molecule has 1 saturated carbocycles. The lowest BCUT2D eigenvalue weighted by Gasteiger charge is -2.29. The Balaban J connectivity index is 2.32. The van der Waals surface area contributed by atoms with E-state index in [1.54, 1.807) is 0 Å². The maximum Gasteiger partial charge on any atom is 0.000800 e. The lowest BCUT2D eigenvalue weighted by molar-refractivity contribution is 0.252. The smallest absolute Gasteiger partial charge is 0.000800 e. The summed E-state index contributed by atoms with van der Waals surface area (Å²) in [6.45, 7) is 6.99. The SMILES string of the molecule is CCNCC(C)(CCSC)C1CC1. The molecule has 0 amide bonds. The van der Waals surface area contributed by atoms with Crippen LogP contribution in [-0.2, 0) is 0 Å². The van der Waals surface area contributed by atoms with Crippen molar-refractivity contribution >= 4 is 11.8 Å². The molecule has 1 aliphatic carbocycles. The molecule has 0 aromatic rings. The second-order valence-electron chi connectivity index (χ2n) is 4.45. The summed E-state index contributed by atoms with van der Waals surface area (Å²) >= 11 is 1.98. The first-order chi connectivity index (χ1) is 6.23. The van der Waals surface area contributed by atoms with Crippen LogP contribution in [0.25, 0.3) is 0 Å². The Hall–Kier alpha value is 0.310. The normalized spacial score (nSPS) is 21.5. The van der Waals surface area contributed by atoms with Gasteiger partial charge < -0.3 is 5.32 Å². The van der Waals surface area contributed by atoms with Gasteiger partial charge in [0.2, 0.25) is 0 Å². The van der Waals surface area contributed by atoms with Crippen molar-refractivity contribution in [2.45, 2.75) is 33.1 Å². The van der Waals surface area contributed by atoms with Crippen LogP contribution in [0.5, 0.6) is 0 Å². The minimum atomic E-state index is 0.582. The van der Waals surface area contributed by atoms with Crippen molar-refractivity contribution < 1.29 is 0 Å². The number of rotatable bonds is 7. The molecule has 2 heteroatoms. The van der Waals surface area contributed by atoms with Gasteiger partial charge in [-0.1, -0.05) is 13.8 Å². The first-order valence-electron chi connectivity index (χ1n) is 5.42. The highest BCUT2D eigenvalue weighted by Crippen LogP contribution is 2.47. The van der Waals surface area contributed by atoms with E-state index in [1.165, 1.54) is 31.6 Å². The Morgan fingerprint density at radius 3 is 2.62 bits per heavy atom. The molecule has 13 heavy (non-hydrogen) atoms. The molecule has 1 fully saturated rings. The lowest BCUT2D eigenvalue weighted by Crippen LogP contribution is -2.34. The Labute approximate surface area is 87.1 Å². The van der Waals surface area contributed by atoms with Gasteiger partial charge in [-0.25, -0.2) is 0 Å². The lowest BCUT2D eigenvalue weighted by atomic mass is 9.82. The maximum atomic E-state index is 3.51. The molecule has 0 aliphatic heterocycles. The van der Waals surface area contributed by atoms with Crippen molar-refractivity contribution in [3.8, 4) is 0 Å². The summed E-state index contributed by atoms with van der Waals surface area (Å²) in [5, 5.41) is 3.51. The second kappa shape index (κ2) is 5.26. The van der Waals surface area contributed by atoms with Crippen LogP contribution in [0.15, 0.2) is 0 Å². The quantitative estimate of drug-likeness (QED) is 0.680. The van der Waals surface area contributed by atoms with Crippen LogP contribution in [0.2, 0.25) is 0 Å². The van der Waals surface area contributed by atoms with Crippen molar-refractivity contribution in [1.29, 1.82) is 0 Å². The molecule has 0 spiro atoms. The molecule has 1 N–H and O–H groups in total. The van der Waals surface area contributed by atoms with Gasteiger partial charge >= 0.3 is 0 Å². The molecule has 0 heterocycles. The van der Waals surface area contributed by atoms with Crippen LogP contribution in [0.1, 0.15) is 33.1 Å². The van der Waals surface area contributed by atoms with Gasteiger partial charge in [-0.2, -0.15) is 11.8 Å². The fourth-order valence-corrected chi connectivity index (χ4v) is 2.63. The topological polar surface area (TPSA) is 12.0 Å². The minimum Gasteiger partial charge on any atom is -0.316 e. The summed E-state index contributed by atoms with van der Waals surface area (Å²) in [5.74, 6) is 2.33. The van der Waals surface area contributed by atoms with Gasteiger partial charge in [-0.05, 0) is 49.1 Å². The number of hydrogen-bond donors (Lipinski definition) is 1. The van der Waals surface area contributed by atoms with E-state index in [2.05, 4.69) is 25.4 Å². The highest BCUT2D eigenvalue weighted by molar-refractivity contribution is 7.98. The van der Waals surface area contributed by atoms with Crippen LogP contribution in [0.3, 0.4) is 0 Å². The monoisotopic (exact) mass is 201 g/mol. The molecule has 1 unspecified atom stereocenters. The van der Waals surface area contributed by atoms with Gasteiger partial charge in [0.15, 0.2) is 0 Å². The summed E-state index contributed by atoms with van der Waals surface area (Å²) < 4.78 is 0. The van der Waals surface area contributed by atoms with Gasteiger partial charge in [-0.3, -0.25) is 0 Å². The summed E-state index contributed by atoms with van der Waals surface area (Å²) in [6, 6.07) is 0. The van der Waals surface area contributed by atoms with Crippen molar-refractivity contribution in [3.05, 3.63) is 0 Å². The summed E-state index contributed by atoms with van der Waals surface area (Å²) in [4.78, 5) is 0. The predicted molar refractivity (Wildman–Crippen MR) is 62.4 cm³/mol. The largest absolute Gasteiger partial charge is 0.316 e. The standard InChI is InChI=1S/C11H23NS/c1-4-12-9-11(2,7-8-13-3)10-5-6-10/h10,12H,4-9H2,1-3H3. The highest BCUT2D eigenvalue weighted by atomic mass is 32.2.